The highest BCUT2D eigenvalue weighted by Gasteiger charge is 2.20. The lowest BCUT2D eigenvalue weighted by molar-refractivity contribution is 0.585. The van der Waals surface area contributed by atoms with E-state index in [1.165, 1.54) is 29.6 Å². The number of thiazole rings is 1. The third-order valence-corrected chi connectivity index (χ3v) is 6.06. The first kappa shape index (κ1) is 18.1. The predicted molar refractivity (Wildman–Crippen MR) is 94.7 cm³/mol. The van der Waals surface area contributed by atoms with Gasteiger partial charge in [-0.2, -0.15) is 0 Å². The van der Waals surface area contributed by atoms with Crippen LogP contribution in [0.4, 0.5) is 13.9 Å². The standard InChI is InChI=1S/C15H8Cl2F2N2O2S2/c16-8-1-4-11(17)14(5-8)25(22,23)21-15-20-13(7-24-15)10-3-2-9(18)6-12(10)19/h1-7H,(H,20,21). The van der Waals surface area contributed by atoms with E-state index >= 15 is 0 Å². The highest BCUT2D eigenvalue weighted by atomic mass is 35.5. The van der Waals surface area contributed by atoms with Gasteiger partial charge in [0.15, 0.2) is 5.13 Å². The largest absolute Gasteiger partial charge is 0.265 e. The van der Waals surface area contributed by atoms with Crippen molar-refractivity contribution < 1.29 is 17.2 Å². The number of nitrogens with one attached hydrogen (secondary N) is 1. The Kier molecular flexibility index (Phi) is 4.97. The van der Waals surface area contributed by atoms with Gasteiger partial charge >= 0.3 is 0 Å². The van der Waals surface area contributed by atoms with Crippen molar-refractivity contribution in [2.75, 3.05) is 4.72 Å². The molecular formula is C15H8Cl2F2N2O2S2. The Morgan fingerprint density at radius 3 is 2.56 bits per heavy atom. The molecule has 0 atom stereocenters. The van der Waals surface area contributed by atoms with E-state index in [4.69, 9.17) is 23.2 Å². The van der Waals surface area contributed by atoms with Gasteiger partial charge in [0.25, 0.3) is 10.0 Å². The molecule has 0 aliphatic heterocycles. The molecule has 0 unspecified atom stereocenters. The molecule has 2 aromatic carbocycles. The van der Waals surface area contributed by atoms with Gasteiger partial charge in [-0.15, -0.1) is 11.3 Å². The van der Waals surface area contributed by atoms with E-state index in [9.17, 15) is 17.2 Å². The number of hydrogen-bond donors (Lipinski definition) is 1. The quantitative estimate of drug-likeness (QED) is 0.631. The van der Waals surface area contributed by atoms with Crippen LogP contribution in [0.3, 0.4) is 0 Å². The summed E-state index contributed by atoms with van der Waals surface area (Å²) < 4.78 is 53.9. The van der Waals surface area contributed by atoms with Crippen LogP contribution in [0.25, 0.3) is 11.3 Å². The maximum atomic E-state index is 13.8. The molecule has 3 aromatic rings. The average Bonchev–Trinajstić information content (AvgIpc) is 2.97. The van der Waals surface area contributed by atoms with Gasteiger partial charge in [0.2, 0.25) is 0 Å². The molecule has 1 heterocycles. The molecule has 0 amide bonds. The molecule has 1 aromatic heterocycles. The van der Waals surface area contributed by atoms with Crippen molar-refractivity contribution in [2.45, 2.75) is 4.90 Å². The average molecular weight is 421 g/mol. The SMILES string of the molecule is O=S(=O)(Nc1nc(-c2ccc(F)cc2F)cs1)c1cc(Cl)ccc1Cl. The van der Waals surface area contributed by atoms with E-state index in [1.54, 1.807) is 0 Å². The van der Waals surface area contributed by atoms with Gasteiger partial charge in [0.05, 0.1) is 10.7 Å². The maximum absolute atomic E-state index is 13.8. The highest BCUT2D eigenvalue weighted by Crippen LogP contribution is 2.31. The van der Waals surface area contributed by atoms with E-state index in [1.807, 2.05) is 0 Å². The zero-order chi connectivity index (χ0) is 18.2. The van der Waals surface area contributed by atoms with Crippen LogP contribution < -0.4 is 4.72 Å². The van der Waals surface area contributed by atoms with Crippen LogP contribution in [-0.2, 0) is 10.0 Å². The van der Waals surface area contributed by atoms with Gasteiger partial charge in [0.1, 0.15) is 16.5 Å². The number of nitrogens with zero attached hydrogens (tertiary/aromatic N) is 1. The molecule has 0 aliphatic rings. The van der Waals surface area contributed by atoms with Crippen molar-refractivity contribution in [1.29, 1.82) is 0 Å². The third-order valence-electron chi connectivity index (χ3n) is 3.12. The van der Waals surface area contributed by atoms with Crippen molar-refractivity contribution in [3.05, 3.63) is 63.5 Å². The van der Waals surface area contributed by atoms with Crippen molar-refractivity contribution >= 4 is 49.7 Å². The van der Waals surface area contributed by atoms with E-state index in [0.717, 1.165) is 23.5 Å². The van der Waals surface area contributed by atoms with Crippen LogP contribution in [-0.4, -0.2) is 13.4 Å². The maximum Gasteiger partial charge on any atom is 0.265 e. The summed E-state index contributed by atoms with van der Waals surface area (Å²) in [5, 5.41) is 1.67. The summed E-state index contributed by atoms with van der Waals surface area (Å²) in [5.74, 6) is -1.51. The van der Waals surface area contributed by atoms with Gasteiger partial charge in [-0.1, -0.05) is 23.2 Å². The molecule has 10 heteroatoms. The first-order valence-electron chi connectivity index (χ1n) is 6.65. The van der Waals surface area contributed by atoms with Crippen LogP contribution in [0.1, 0.15) is 0 Å². The second-order valence-corrected chi connectivity index (χ2v) is 8.19. The van der Waals surface area contributed by atoms with E-state index < -0.39 is 21.7 Å². The summed E-state index contributed by atoms with van der Waals surface area (Å²) in [6.45, 7) is 0. The number of halogens is 4. The molecule has 4 nitrogen and oxygen atoms in total. The molecule has 0 saturated carbocycles. The van der Waals surface area contributed by atoms with Gasteiger partial charge in [-0.3, -0.25) is 4.72 Å². The molecule has 130 valence electrons. The number of benzene rings is 2. The molecule has 0 fully saturated rings. The minimum absolute atomic E-state index is 0.00161. The fourth-order valence-corrected chi connectivity index (χ4v) is 4.72. The minimum atomic E-state index is -4.02. The second-order valence-electron chi connectivity index (χ2n) is 4.84. The molecule has 25 heavy (non-hydrogen) atoms. The summed E-state index contributed by atoms with van der Waals surface area (Å²) in [4.78, 5) is 3.82. The lowest BCUT2D eigenvalue weighted by atomic mass is 10.1. The fourth-order valence-electron chi connectivity index (χ4n) is 1.99. The second kappa shape index (κ2) is 6.87. The van der Waals surface area contributed by atoms with Crippen molar-refractivity contribution in [3.63, 3.8) is 0 Å². The Bertz CT molecular complexity index is 1060. The van der Waals surface area contributed by atoms with Crippen molar-refractivity contribution in [1.82, 2.24) is 4.98 Å². The molecule has 0 saturated heterocycles. The Labute approximate surface area is 156 Å². The molecule has 3 rings (SSSR count). The van der Waals surface area contributed by atoms with Gasteiger partial charge in [0, 0.05) is 22.0 Å². The lowest BCUT2D eigenvalue weighted by Crippen LogP contribution is -2.13. The minimum Gasteiger partial charge on any atom is -0.255 e. The molecule has 1 N–H and O–H groups in total. The first-order chi connectivity index (χ1) is 11.8. The lowest BCUT2D eigenvalue weighted by Gasteiger charge is -2.07. The topological polar surface area (TPSA) is 59.1 Å². The summed E-state index contributed by atoms with van der Waals surface area (Å²) in [7, 11) is -4.02. The first-order valence-corrected chi connectivity index (χ1v) is 9.77. The monoisotopic (exact) mass is 420 g/mol. The Morgan fingerprint density at radius 2 is 1.84 bits per heavy atom. The summed E-state index contributed by atoms with van der Waals surface area (Å²) in [6, 6.07) is 7.07. The third kappa shape index (κ3) is 3.92. The van der Waals surface area contributed by atoms with E-state index in [2.05, 4.69) is 9.71 Å². The predicted octanol–water partition coefficient (Wildman–Crippen LogP) is 5.20. The van der Waals surface area contributed by atoms with Crippen LogP contribution in [0.15, 0.2) is 46.7 Å². The number of aromatic nitrogens is 1. The Morgan fingerprint density at radius 1 is 1.08 bits per heavy atom. The molecule has 0 bridgehead atoms. The Hall–Kier alpha value is -1.74. The van der Waals surface area contributed by atoms with Gasteiger partial charge in [-0.25, -0.2) is 22.2 Å². The summed E-state index contributed by atoms with van der Waals surface area (Å²) >= 11 is 12.7. The smallest absolute Gasteiger partial charge is 0.255 e. The molecule has 0 aliphatic carbocycles. The van der Waals surface area contributed by atoms with Crippen LogP contribution in [0.2, 0.25) is 10.0 Å². The normalized spacial score (nSPS) is 11.5. The summed E-state index contributed by atoms with van der Waals surface area (Å²) in [6.07, 6.45) is 0. The van der Waals surface area contributed by atoms with Crippen molar-refractivity contribution in [3.8, 4) is 11.3 Å². The highest BCUT2D eigenvalue weighted by molar-refractivity contribution is 7.93. The zero-order valence-corrected chi connectivity index (χ0v) is 15.3. The van der Waals surface area contributed by atoms with Gasteiger partial charge < -0.3 is 0 Å². The number of hydrogen-bond acceptors (Lipinski definition) is 4. The number of sulfonamides is 1. The Balaban J connectivity index is 1.92. The number of rotatable bonds is 4. The van der Waals surface area contributed by atoms with Crippen molar-refractivity contribution in [2.24, 2.45) is 0 Å². The van der Waals surface area contributed by atoms with Crippen LogP contribution in [0.5, 0.6) is 0 Å². The summed E-state index contributed by atoms with van der Waals surface area (Å²) in [5.41, 5.74) is 0.237. The molecule has 0 radical (unpaired) electrons. The van der Waals surface area contributed by atoms with Crippen LogP contribution >= 0.6 is 34.5 Å². The zero-order valence-electron chi connectivity index (χ0n) is 12.1. The fraction of sp³-hybridized carbons (Fsp3) is 0. The van der Waals surface area contributed by atoms with E-state index in [-0.39, 0.29) is 31.3 Å². The number of anilines is 1. The van der Waals surface area contributed by atoms with Crippen LogP contribution in [0, 0.1) is 11.6 Å². The van der Waals surface area contributed by atoms with E-state index in [0.29, 0.717) is 0 Å². The molecular weight excluding hydrogens is 413 g/mol. The molecule has 0 spiro atoms. The van der Waals surface area contributed by atoms with Gasteiger partial charge in [-0.05, 0) is 30.3 Å².